The number of anilines is 1. The van der Waals surface area contributed by atoms with Crippen molar-refractivity contribution in [3.63, 3.8) is 0 Å². The second kappa shape index (κ2) is 8.42. The molecule has 3 aromatic rings. The maximum absolute atomic E-state index is 13.1. The molecule has 0 saturated carbocycles. The summed E-state index contributed by atoms with van der Waals surface area (Å²) < 4.78 is 43.8. The second-order valence-corrected chi connectivity index (χ2v) is 10.5. The summed E-state index contributed by atoms with van der Waals surface area (Å²) in [7, 11) is -2.17. The Bertz CT molecular complexity index is 1200. The van der Waals surface area contributed by atoms with E-state index in [2.05, 4.69) is 41.6 Å². The van der Waals surface area contributed by atoms with Crippen LogP contribution in [0.3, 0.4) is 0 Å². The smallest absolute Gasteiger partial charge is 0.282 e. The van der Waals surface area contributed by atoms with E-state index in [0.717, 1.165) is 6.54 Å². The number of imidazole rings is 1. The van der Waals surface area contributed by atoms with Crippen molar-refractivity contribution in [2.24, 2.45) is 4.36 Å². The van der Waals surface area contributed by atoms with Gasteiger partial charge < -0.3 is 10.2 Å². The third-order valence-electron chi connectivity index (χ3n) is 4.91. The van der Waals surface area contributed by atoms with Gasteiger partial charge in [0, 0.05) is 53.5 Å². The summed E-state index contributed by atoms with van der Waals surface area (Å²) in [5.74, 6) is 0.706. The Hall–Kier alpha value is -2.73. The number of nitrogens with zero attached hydrogens (tertiary/aromatic N) is 7. The SMILES string of the molecule is CC1CN(c2cc(-c3cnc4ccc(C(F)F)nn34)ncn2)CC(CN=S(C)(C)=O)N1. The van der Waals surface area contributed by atoms with Crippen LogP contribution >= 0.6 is 0 Å². The lowest BCUT2D eigenvalue weighted by atomic mass is 10.1. The molecule has 2 atom stereocenters. The molecule has 4 heterocycles. The fraction of sp³-hybridized carbons (Fsp3) is 0.474. The van der Waals surface area contributed by atoms with Crippen molar-refractivity contribution in [2.45, 2.75) is 25.4 Å². The first kappa shape index (κ1) is 21.5. The molecule has 9 nitrogen and oxygen atoms in total. The molecule has 12 heteroatoms. The highest BCUT2D eigenvalue weighted by atomic mass is 32.2. The van der Waals surface area contributed by atoms with E-state index in [0.29, 0.717) is 35.9 Å². The molecule has 3 aromatic heterocycles. The number of halogens is 2. The molecule has 0 aliphatic carbocycles. The Morgan fingerprint density at radius 3 is 2.81 bits per heavy atom. The van der Waals surface area contributed by atoms with Gasteiger partial charge in [-0.2, -0.15) is 5.10 Å². The fourth-order valence-electron chi connectivity index (χ4n) is 3.58. The molecule has 31 heavy (non-hydrogen) atoms. The molecular formula is C19H24F2N8OS. The lowest BCUT2D eigenvalue weighted by Gasteiger charge is -2.37. The molecule has 1 N–H and O–H groups in total. The van der Waals surface area contributed by atoms with Crippen LogP contribution in [-0.4, -0.2) is 73.0 Å². The van der Waals surface area contributed by atoms with Gasteiger partial charge in [-0.05, 0) is 19.1 Å². The van der Waals surface area contributed by atoms with Gasteiger partial charge in [0.05, 0.1) is 18.4 Å². The Labute approximate surface area is 179 Å². The molecule has 0 radical (unpaired) electrons. The molecule has 1 saturated heterocycles. The summed E-state index contributed by atoms with van der Waals surface area (Å²) in [6.45, 7) is 3.87. The van der Waals surface area contributed by atoms with Crippen molar-refractivity contribution in [1.82, 2.24) is 29.9 Å². The van der Waals surface area contributed by atoms with E-state index in [1.165, 1.54) is 23.0 Å². The standard InChI is InChI=1S/C19H24F2N8OS/c1-12-9-28(10-13(26-12)7-25-31(2,3)30)18-6-15(23-11-24-18)16-8-22-17-5-4-14(19(20)21)27-29(16)17/h4-6,8,11-13,19,26H,7,9-10H2,1-3H3. The third kappa shape index (κ3) is 4.96. The minimum atomic E-state index is -2.67. The first-order valence-corrected chi connectivity index (χ1v) is 12.1. The summed E-state index contributed by atoms with van der Waals surface area (Å²) in [4.78, 5) is 15.1. The van der Waals surface area contributed by atoms with E-state index in [1.54, 1.807) is 24.8 Å². The van der Waals surface area contributed by atoms with Gasteiger partial charge in [0.15, 0.2) is 5.65 Å². The van der Waals surface area contributed by atoms with Crippen LogP contribution in [0.4, 0.5) is 14.6 Å². The van der Waals surface area contributed by atoms with E-state index < -0.39 is 16.2 Å². The van der Waals surface area contributed by atoms with Crippen molar-refractivity contribution in [3.05, 3.63) is 36.4 Å². The highest BCUT2D eigenvalue weighted by molar-refractivity contribution is 7.92. The van der Waals surface area contributed by atoms with E-state index >= 15 is 0 Å². The van der Waals surface area contributed by atoms with E-state index in [4.69, 9.17) is 0 Å². The zero-order chi connectivity index (χ0) is 22.2. The zero-order valence-corrected chi connectivity index (χ0v) is 18.3. The Kier molecular flexibility index (Phi) is 5.84. The van der Waals surface area contributed by atoms with Gasteiger partial charge >= 0.3 is 0 Å². The number of piperazine rings is 1. The number of hydrogen-bond acceptors (Lipinski definition) is 8. The molecule has 0 bridgehead atoms. The van der Waals surface area contributed by atoms with Gasteiger partial charge in [-0.1, -0.05) is 0 Å². The van der Waals surface area contributed by atoms with Crippen LogP contribution in [0.2, 0.25) is 0 Å². The van der Waals surface area contributed by atoms with Gasteiger partial charge in [-0.25, -0.2) is 32.6 Å². The van der Waals surface area contributed by atoms with Gasteiger partial charge in [-0.3, -0.25) is 4.21 Å². The van der Waals surface area contributed by atoms with Gasteiger partial charge in [-0.15, -0.1) is 0 Å². The third-order valence-corrected chi connectivity index (χ3v) is 5.68. The van der Waals surface area contributed by atoms with E-state index in [9.17, 15) is 13.0 Å². The number of fused-ring (bicyclic) bond motifs is 1. The maximum Gasteiger partial charge on any atom is 0.282 e. The fourth-order valence-corrected chi connectivity index (χ4v) is 4.12. The van der Waals surface area contributed by atoms with Crippen LogP contribution in [0.1, 0.15) is 19.0 Å². The number of hydrogen-bond donors (Lipinski definition) is 1. The van der Waals surface area contributed by atoms with Crippen molar-refractivity contribution >= 4 is 21.2 Å². The average Bonchev–Trinajstić information content (AvgIpc) is 3.15. The molecule has 0 spiro atoms. The molecule has 0 aromatic carbocycles. The van der Waals surface area contributed by atoms with Crippen LogP contribution in [0.25, 0.3) is 17.0 Å². The Balaban J connectivity index is 1.63. The Morgan fingerprint density at radius 2 is 2.06 bits per heavy atom. The number of rotatable bonds is 5. The molecule has 0 amide bonds. The molecule has 4 rings (SSSR count). The zero-order valence-electron chi connectivity index (χ0n) is 17.4. The largest absolute Gasteiger partial charge is 0.353 e. The summed E-state index contributed by atoms with van der Waals surface area (Å²) in [5.41, 5.74) is 1.17. The molecule has 1 fully saturated rings. The van der Waals surface area contributed by atoms with Crippen LogP contribution in [-0.2, 0) is 9.73 Å². The summed E-state index contributed by atoms with van der Waals surface area (Å²) >= 11 is 0. The van der Waals surface area contributed by atoms with Crippen molar-refractivity contribution in [2.75, 3.05) is 37.0 Å². The maximum atomic E-state index is 13.1. The van der Waals surface area contributed by atoms with Gasteiger partial charge in [0.2, 0.25) is 0 Å². The quantitative estimate of drug-likeness (QED) is 0.635. The number of nitrogens with one attached hydrogen (secondary N) is 1. The van der Waals surface area contributed by atoms with Crippen molar-refractivity contribution in [3.8, 4) is 11.4 Å². The highest BCUT2D eigenvalue weighted by Gasteiger charge is 2.25. The minimum absolute atomic E-state index is 0.0361. The lowest BCUT2D eigenvalue weighted by molar-refractivity contribution is 0.144. The predicted octanol–water partition coefficient (Wildman–Crippen LogP) is 2.02. The number of alkyl halides is 2. The average molecular weight is 451 g/mol. The summed E-state index contributed by atoms with van der Waals surface area (Å²) in [5, 5.41) is 7.48. The Morgan fingerprint density at radius 1 is 1.26 bits per heavy atom. The first-order chi connectivity index (χ1) is 14.7. The molecule has 166 valence electrons. The van der Waals surface area contributed by atoms with Gasteiger partial charge in [0.1, 0.15) is 23.5 Å². The topological polar surface area (TPSA) is 101 Å². The van der Waals surface area contributed by atoms with Crippen LogP contribution in [0.15, 0.2) is 35.1 Å². The summed E-state index contributed by atoms with van der Waals surface area (Å²) in [6, 6.07) is 4.79. The molecule has 1 aliphatic heterocycles. The van der Waals surface area contributed by atoms with Crippen molar-refractivity contribution in [1.29, 1.82) is 0 Å². The first-order valence-electron chi connectivity index (χ1n) is 9.79. The highest BCUT2D eigenvalue weighted by Crippen LogP contribution is 2.24. The van der Waals surface area contributed by atoms with Gasteiger partial charge in [0.25, 0.3) is 6.43 Å². The number of aromatic nitrogens is 5. The summed E-state index contributed by atoms with van der Waals surface area (Å²) in [6.07, 6.45) is 3.57. The van der Waals surface area contributed by atoms with Crippen LogP contribution in [0.5, 0.6) is 0 Å². The minimum Gasteiger partial charge on any atom is -0.353 e. The van der Waals surface area contributed by atoms with E-state index in [1.807, 2.05) is 0 Å². The molecular weight excluding hydrogens is 426 g/mol. The lowest BCUT2D eigenvalue weighted by Crippen LogP contribution is -2.57. The van der Waals surface area contributed by atoms with Crippen molar-refractivity contribution < 1.29 is 13.0 Å². The molecule has 2 unspecified atom stereocenters. The predicted molar refractivity (Wildman–Crippen MR) is 115 cm³/mol. The monoisotopic (exact) mass is 450 g/mol. The second-order valence-electron chi connectivity index (χ2n) is 7.90. The van der Waals surface area contributed by atoms with Crippen LogP contribution < -0.4 is 10.2 Å². The van der Waals surface area contributed by atoms with E-state index in [-0.39, 0.29) is 17.8 Å². The molecule has 1 aliphatic rings. The van der Waals surface area contributed by atoms with Crippen LogP contribution in [0, 0.1) is 0 Å². The normalized spacial score (nSPS) is 19.9.